The molecule has 1 saturated heterocycles. The Morgan fingerprint density at radius 2 is 2.08 bits per heavy atom. The lowest BCUT2D eigenvalue weighted by atomic mass is 10.2. The van der Waals surface area contributed by atoms with Crippen LogP contribution in [-0.2, 0) is 14.6 Å². The maximum Gasteiger partial charge on any atom is 0.248 e. The molecule has 9 heteroatoms. The number of aromatic nitrogens is 2. The normalized spacial score (nSPS) is 19.1. The molecule has 0 radical (unpaired) electrons. The molecule has 1 amide bonds. The molecule has 1 aliphatic heterocycles. The summed E-state index contributed by atoms with van der Waals surface area (Å²) in [6, 6.07) is 5.12. The lowest BCUT2D eigenvalue weighted by Gasteiger charge is -2.09. The monoisotopic (exact) mass is 397 g/mol. The zero-order valence-corrected chi connectivity index (χ0v) is 15.5. The van der Waals surface area contributed by atoms with E-state index in [1.54, 1.807) is 6.92 Å². The summed E-state index contributed by atoms with van der Waals surface area (Å²) in [6.07, 6.45) is 3.30. The van der Waals surface area contributed by atoms with Gasteiger partial charge in [0, 0.05) is 17.3 Å². The fourth-order valence-corrected chi connectivity index (χ4v) is 4.88. The Bertz CT molecular complexity index is 968. The standard InChI is InChI=1S/C17H17ClFN3O3S/c1-11-15(6-7-16(23)20-13-4-2-12(19)3-5-13)17(18)22(21-11)14-8-9-26(24,25)10-14/h2-7,14H,8-10H2,1H3,(H,20,23)/b7-6+/t14-/m0/s1. The number of carbonyl (C=O) groups excluding carboxylic acids is 1. The number of halogens is 2. The molecule has 1 atom stereocenters. The Morgan fingerprint density at radius 3 is 2.69 bits per heavy atom. The van der Waals surface area contributed by atoms with Gasteiger partial charge in [-0.2, -0.15) is 5.10 Å². The molecule has 0 unspecified atom stereocenters. The van der Waals surface area contributed by atoms with Gasteiger partial charge in [-0.25, -0.2) is 17.5 Å². The maximum atomic E-state index is 12.9. The summed E-state index contributed by atoms with van der Waals surface area (Å²) in [4.78, 5) is 12.0. The van der Waals surface area contributed by atoms with Crippen molar-refractivity contribution < 1.29 is 17.6 Å². The van der Waals surface area contributed by atoms with Gasteiger partial charge >= 0.3 is 0 Å². The highest BCUT2D eigenvalue weighted by Gasteiger charge is 2.31. The van der Waals surface area contributed by atoms with Gasteiger partial charge in [0.25, 0.3) is 0 Å². The van der Waals surface area contributed by atoms with Crippen molar-refractivity contribution in [2.75, 3.05) is 16.8 Å². The average molecular weight is 398 g/mol. The van der Waals surface area contributed by atoms with Crippen LogP contribution in [0, 0.1) is 12.7 Å². The lowest BCUT2D eigenvalue weighted by molar-refractivity contribution is -0.111. The molecule has 26 heavy (non-hydrogen) atoms. The van der Waals surface area contributed by atoms with Gasteiger partial charge < -0.3 is 5.32 Å². The fraction of sp³-hybridized carbons (Fsp3) is 0.294. The Hall–Kier alpha value is -2.19. The van der Waals surface area contributed by atoms with Gasteiger partial charge in [-0.05, 0) is 43.7 Å². The lowest BCUT2D eigenvalue weighted by Crippen LogP contribution is -2.12. The van der Waals surface area contributed by atoms with Crippen LogP contribution in [0.4, 0.5) is 10.1 Å². The van der Waals surface area contributed by atoms with E-state index in [1.807, 2.05) is 0 Å². The van der Waals surface area contributed by atoms with Crippen LogP contribution in [-0.4, -0.2) is 35.6 Å². The maximum absolute atomic E-state index is 12.9. The molecule has 2 heterocycles. The van der Waals surface area contributed by atoms with Crippen molar-refractivity contribution in [3.05, 3.63) is 52.6 Å². The van der Waals surface area contributed by atoms with Crippen LogP contribution in [0.2, 0.25) is 5.15 Å². The number of aryl methyl sites for hydroxylation is 1. The summed E-state index contributed by atoms with van der Waals surface area (Å²) in [6.45, 7) is 1.74. The van der Waals surface area contributed by atoms with Crippen LogP contribution in [0.3, 0.4) is 0 Å². The van der Waals surface area contributed by atoms with Gasteiger partial charge in [-0.15, -0.1) is 0 Å². The molecule has 1 N–H and O–H groups in total. The first-order valence-corrected chi connectivity index (χ1v) is 10.1. The number of amides is 1. The van der Waals surface area contributed by atoms with Crippen LogP contribution in [0.1, 0.15) is 23.7 Å². The fourth-order valence-electron chi connectivity index (χ4n) is 2.81. The van der Waals surface area contributed by atoms with Crippen molar-refractivity contribution in [1.29, 1.82) is 0 Å². The molecule has 0 saturated carbocycles. The third-order valence-electron chi connectivity index (χ3n) is 4.14. The molecule has 0 aliphatic carbocycles. The summed E-state index contributed by atoms with van der Waals surface area (Å²) in [5, 5.41) is 7.24. The second-order valence-electron chi connectivity index (χ2n) is 6.12. The largest absolute Gasteiger partial charge is 0.323 e. The molecular formula is C17H17ClFN3O3S. The Labute approximate surface area is 155 Å². The molecule has 6 nitrogen and oxygen atoms in total. The minimum atomic E-state index is -3.06. The first kappa shape index (κ1) is 18.6. The minimum absolute atomic E-state index is 0.0159. The van der Waals surface area contributed by atoms with Gasteiger partial charge in [0.2, 0.25) is 5.91 Å². The van der Waals surface area contributed by atoms with Crippen LogP contribution >= 0.6 is 11.6 Å². The van der Waals surface area contributed by atoms with Crippen LogP contribution in [0.15, 0.2) is 30.3 Å². The van der Waals surface area contributed by atoms with Crippen LogP contribution in [0.5, 0.6) is 0 Å². The van der Waals surface area contributed by atoms with E-state index in [9.17, 15) is 17.6 Å². The molecule has 3 rings (SSSR count). The van der Waals surface area contributed by atoms with Gasteiger partial charge in [0.05, 0.1) is 23.2 Å². The molecule has 1 aromatic heterocycles. The SMILES string of the molecule is Cc1nn([C@H]2CCS(=O)(=O)C2)c(Cl)c1/C=C/C(=O)Nc1ccc(F)cc1. The van der Waals surface area contributed by atoms with Gasteiger partial charge in [-0.3, -0.25) is 4.79 Å². The quantitative estimate of drug-likeness (QED) is 0.804. The topological polar surface area (TPSA) is 81.1 Å². The molecule has 1 aromatic carbocycles. The highest BCUT2D eigenvalue weighted by molar-refractivity contribution is 7.91. The number of carbonyl (C=O) groups is 1. The van der Waals surface area contributed by atoms with Crippen molar-refractivity contribution in [2.24, 2.45) is 0 Å². The number of nitrogens with one attached hydrogen (secondary N) is 1. The van der Waals surface area contributed by atoms with Gasteiger partial charge in [0.1, 0.15) is 11.0 Å². The summed E-state index contributed by atoms with van der Waals surface area (Å²) < 4.78 is 37.7. The van der Waals surface area contributed by atoms with Crippen molar-refractivity contribution in [3.8, 4) is 0 Å². The third-order valence-corrected chi connectivity index (χ3v) is 6.27. The molecule has 138 valence electrons. The van der Waals surface area contributed by atoms with E-state index in [4.69, 9.17) is 11.6 Å². The second-order valence-corrected chi connectivity index (χ2v) is 8.71. The Balaban J connectivity index is 1.74. The summed E-state index contributed by atoms with van der Waals surface area (Å²) in [5.74, 6) is -0.647. The van der Waals surface area contributed by atoms with Crippen LogP contribution in [0.25, 0.3) is 6.08 Å². The van der Waals surface area contributed by atoms with E-state index in [0.29, 0.717) is 28.5 Å². The van der Waals surface area contributed by atoms with Crippen molar-refractivity contribution >= 4 is 39.1 Å². The second kappa shape index (κ2) is 7.20. The minimum Gasteiger partial charge on any atom is -0.323 e. The first-order valence-electron chi connectivity index (χ1n) is 7.95. The predicted octanol–water partition coefficient (Wildman–Crippen LogP) is 3.00. The summed E-state index contributed by atoms with van der Waals surface area (Å²) in [7, 11) is -3.06. The smallest absolute Gasteiger partial charge is 0.248 e. The number of hydrogen-bond acceptors (Lipinski definition) is 4. The van der Waals surface area contributed by atoms with Gasteiger partial charge in [-0.1, -0.05) is 11.6 Å². The van der Waals surface area contributed by atoms with Gasteiger partial charge in [0.15, 0.2) is 9.84 Å². The summed E-state index contributed by atoms with van der Waals surface area (Å²) >= 11 is 6.34. The van der Waals surface area contributed by atoms with Crippen LogP contribution < -0.4 is 5.32 Å². The highest BCUT2D eigenvalue weighted by atomic mass is 35.5. The van der Waals surface area contributed by atoms with Crippen molar-refractivity contribution in [3.63, 3.8) is 0 Å². The zero-order valence-electron chi connectivity index (χ0n) is 13.9. The number of sulfone groups is 1. The number of benzene rings is 1. The number of hydrogen-bond donors (Lipinski definition) is 1. The molecular weight excluding hydrogens is 381 g/mol. The molecule has 1 fully saturated rings. The number of anilines is 1. The zero-order chi connectivity index (χ0) is 18.9. The van der Waals surface area contributed by atoms with E-state index in [1.165, 1.54) is 41.1 Å². The number of nitrogens with zero attached hydrogens (tertiary/aromatic N) is 2. The first-order chi connectivity index (χ1) is 12.2. The average Bonchev–Trinajstić information content (AvgIpc) is 3.07. The molecule has 1 aliphatic rings. The number of rotatable bonds is 4. The van der Waals surface area contributed by atoms with E-state index < -0.39 is 15.7 Å². The van der Waals surface area contributed by atoms with Crippen molar-refractivity contribution in [1.82, 2.24) is 9.78 Å². The van der Waals surface area contributed by atoms with E-state index in [2.05, 4.69) is 10.4 Å². The van der Waals surface area contributed by atoms with E-state index in [-0.39, 0.29) is 23.4 Å². The molecule has 0 spiro atoms. The summed E-state index contributed by atoms with van der Waals surface area (Å²) in [5.41, 5.74) is 1.63. The van der Waals surface area contributed by atoms with Crippen molar-refractivity contribution in [2.45, 2.75) is 19.4 Å². The molecule has 2 aromatic rings. The Morgan fingerprint density at radius 1 is 1.38 bits per heavy atom. The third kappa shape index (κ3) is 4.13. The molecule has 0 bridgehead atoms. The van der Waals surface area contributed by atoms with E-state index >= 15 is 0 Å². The Kier molecular flexibility index (Phi) is 5.15. The predicted molar refractivity (Wildman–Crippen MR) is 98.3 cm³/mol. The highest BCUT2D eigenvalue weighted by Crippen LogP contribution is 2.30. The van der Waals surface area contributed by atoms with E-state index in [0.717, 1.165) is 0 Å².